The maximum absolute atomic E-state index is 13.4. The lowest BCUT2D eigenvalue weighted by Crippen LogP contribution is -1.85. The van der Waals surface area contributed by atoms with E-state index >= 15 is 0 Å². The second kappa shape index (κ2) is 6.76. The molecule has 27 heavy (non-hydrogen) atoms. The molecule has 2 aromatic carbocycles. The highest BCUT2D eigenvalue weighted by atomic mass is 19.1. The van der Waals surface area contributed by atoms with E-state index in [0.29, 0.717) is 11.5 Å². The zero-order chi connectivity index (χ0) is 19.0. The zero-order valence-corrected chi connectivity index (χ0v) is 15.4. The first kappa shape index (κ1) is 17.1. The van der Waals surface area contributed by atoms with Gasteiger partial charge in [0.15, 0.2) is 5.82 Å². The number of fused-ring (bicyclic) bond motifs is 1. The smallest absolute Gasteiger partial charge is 0.187 e. The van der Waals surface area contributed by atoms with Crippen LogP contribution in [0.3, 0.4) is 0 Å². The molecule has 2 aromatic heterocycles. The Hall–Kier alpha value is -3.34. The predicted molar refractivity (Wildman–Crippen MR) is 105 cm³/mol. The molecule has 0 aliphatic heterocycles. The number of halogens is 1. The van der Waals surface area contributed by atoms with Crippen LogP contribution in [-0.4, -0.2) is 9.38 Å². The average molecular weight is 358 g/mol. The van der Waals surface area contributed by atoms with Crippen LogP contribution < -0.4 is 0 Å². The largest absolute Gasteiger partial charge is 0.282 e. The lowest BCUT2D eigenvalue weighted by Gasteiger charge is -2.02. The van der Waals surface area contributed by atoms with E-state index in [1.807, 2.05) is 55.6 Å². The molecule has 0 amide bonds. The van der Waals surface area contributed by atoms with Crippen molar-refractivity contribution in [3.8, 4) is 11.3 Å². The number of imidazole rings is 1. The summed E-state index contributed by atoms with van der Waals surface area (Å²) in [6.45, 7) is 6.07. The summed E-state index contributed by atoms with van der Waals surface area (Å²) in [7, 11) is 0. The van der Waals surface area contributed by atoms with Crippen LogP contribution in [-0.2, 0) is 0 Å². The molecule has 0 bridgehead atoms. The van der Waals surface area contributed by atoms with Crippen LogP contribution in [0.2, 0.25) is 0 Å². The molecule has 0 atom stereocenters. The maximum atomic E-state index is 13.4. The van der Waals surface area contributed by atoms with Gasteiger partial charge in [-0.05, 0) is 68.3 Å². The second-order valence-corrected chi connectivity index (χ2v) is 6.67. The summed E-state index contributed by atoms with van der Waals surface area (Å²) in [5.41, 5.74) is 6.39. The van der Waals surface area contributed by atoms with E-state index in [-0.39, 0.29) is 5.82 Å². The number of aromatic nitrogens is 2. The normalized spacial score (nSPS) is 11.6. The summed E-state index contributed by atoms with van der Waals surface area (Å²) in [4.78, 5) is 4.75. The van der Waals surface area contributed by atoms with E-state index in [9.17, 15) is 4.39 Å². The summed E-state index contributed by atoms with van der Waals surface area (Å²) in [6.07, 6.45) is 1.92. The Morgan fingerprint density at radius 3 is 2.41 bits per heavy atom. The molecule has 0 N–H and O–H groups in total. The molecule has 0 saturated carbocycles. The van der Waals surface area contributed by atoms with Gasteiger partial charge in [0.2, 0.25) is 0 Å². The minimum absolute atomic E-state index is 0.280. The summed E-state index contributed by atoms with van der Waals surface area (Å²) < 4.78 is 15.3. The lowest BCUT2D eigenvalue weighted by molar-refractivity contribution is 0.628. The molecule has 2 heterocycles. The van der Waals surface area contributed by atoms with Gasteiger partial charge in [-0.25, -0.2) is 9.37 Å². The number of benzene rings is 2. The van der Waals surface area contributed by atoms with Gasteiger partial charge < -0.3 is 0 Å². The van der Waals surface area contributed by atoms with Crippen molar-refractivity contribution in [2.24, 2.45) is 10.2 Å². The van der Waals surface area contributed by atoms with E-state index in [0.717, 1.165) is 28.0 Å². The summed E-state index contributed by atoms with van der Waals surface area (Å²) in [6, 6.07) is 16.3. The molecule has 4 nitrogen and oxygen atoms in total. The van der Waals surface area contributed by atoms with E-state index in [2.05, 4.69) is 16.3 Å². The van der Waals surface area contributed by atoms with Gasteiger partial charge in [0.05, 0.1) is 5.69 Å². The van der Waals surface area contributed by atoms with Crippen LogP contribution in [0.25, 0.3) is 16.9 Å². The third-order valence-electron chi connectivity index (χ3n) is 4.54. The number of hydrogen-bond donors (Lipinski definition) is 0. The Labute approximate surface area is 157 Å². The number of pyridine rings is 1. The molecule has 0 unspecified atom stereocenters. The zero-order valence-electron chi connectivity index (χ0n) is 15.4. The van der Waals surface area contributed by atoms with Crippen LogP contribution in [0.4, 0.5) is 15.9 Å². The van der Waals surface area contributed by atoms with Gasteiger partial charge in [-0.2, -0.15) is 0 Å². The van der Waals surface area contributed by atoms with Crippen LogP contribution in [0.5, 0.6) is 0 Å². The molecule has 0 fully saturated rings. The van der Waals surface area contributed by atoms with Crippen LogP contribution in [0.1, 0.15) is 16.7 Å². The molecule has 134 valence electrons. The van der Waals surface area contributed by atoms with Crippen LogP contribution in [0, 0.1) is 26.6 Å². The first-order valence-corrected chi connectivity index (χ1v) is 8.75. The fourth-order valence-electron chi connectivity index (χ4n) is 3.11. The number of nitrogens with zero attached hydrogens (tertiary/aromatic N) is 4. The fraction of sp³-hybridized carbons (Fsp3) is 0.136. The van der Waals surface area contributed by atoms with Crippen molar-refractivity contribution in [2.45, 2.75) is 20.8 Å². The van der Waals surface area contributed by atoms with E-state index in [4.69, 9.17) is 4.98 Å². The SMILES string of the molecule is Cc1ccc(N=Nc2c(-c3ccc(F)cc3)nc3c(C)cccn23)c(C)c1. The summed E-state index contributed by atoms with van der Waals surface area (Å²) >= 11 is 0. The minimum atomic E-state index is -0.280. The Kier molecular flexibility index (Phi) is 4.28. The van der Waals surface area contributed by atoms with Crippen molar-refractivity contribution in [3.63, 3.8) is 0 Å². The highest BCUT2D eigenvalue weighted by Crippen LogP contribution is 2.33. The number of rotatable bonds is 3. The Balaban J connectivity index is 1.89. The average Bonchev–Trinajstić information content (AvgIpc) is 3.02. The standard InChI is InChI=1S/C22H19FN4/c1-14-6-11-19(16(3)13-14)25-26-22-20(17-7-9-18(23)10-8-17)24-21-15(2)5-4-12-27(21)22/h4-13H,1-3H3. The van der Waals surface area contributed by atoms with Crippen molar-refractivity contribution >= 4 is 17.2 Å². The number of hydrogen-bond acceptors (Lipinski definition) is 3. The third-order valence-corrected chi connectivity index (χ3v) is 4.54. The molecular weight excluding hydrogens is 339 g/mol. The number of azo groups is 1. The van der Waals surface area contributed by atoms with Crippen molar-refractivity contribution in [2.75, 3.05) is 0 Å². The lowest BCUT2D eigenvalue weighted by atomic mass is 10.1. The van der Waals surface area contributed by atoms with Gasteiger partial charge in [0.25, 0.3) is 0 Å². The Bertz CT molecular complexity index is 1160. The van der Waals surface area contributed by atoms with E-state index in [1.165, 1.54) is 17.7 Å². The molecular formula is C22H19FN4. The first-order valence-electron chi connectivity index (χ1n) is 8.75. The summed E-state index contributed by atoms with van der Waals surface area (Å²) in [5.74, 6) is 0.345. The fourth-order valence-corrected chi connectivity index (χ4v) is 3.11. The topological polar surface area (TPSA) is 42.0 Å². The Morgan fingerprint density at radius 1 is 0.889 bits per heavy atom. The minimum Gasteiger partial charge on any atom is -0.282 e. The molecule has 0 radical (unpaired) electrons. The predicted octanol–water partition coefficient (Wildman–Crippen LogP) is 6.48. The molecule has 0 saturated heterocycles. The first-order chi connectivity index (χ1) is 13.0. The van der Waals surface area contributed by atoms with Gasteiger partial charge >= 0.3 is 0 Å². The molecule has 4 rings (SSSR count). The van der Waals surface area contributed by atoms with E-state index in [1.54, 1.807) is 12.1 Å². The Morgan fingerprint density at radius 2 is 1.67 bits per heavy atom. The molecule has 0 aliphatic rings. The highest BCUT2D eigenvalue weighted by Gasteiger charge is 2.15. The van der Waals surface area contributed by atoms with Crippen LogP contribution >= 0.6 is 0 Å². The monoisotopic (exact) mass is 358 g/mol. The number of aryl methyl sites for hydroxylation is 3. The molecule has 4 aromatic rings. The van der Waals surface area contributed by atoms with Gasteiger partial charge in [-0.3, -0.25) is 4.40 Å². The van der Waals surface area contributed by atoms with Crippen molar-refractivity contribution < 1.29 is 4.39 Å². The van der Waals surface area contributed by atoms with E-state index < -0.39 is 0 Å². The van der Waals surface area contributed by atoms with Crippen LogP contribution in [0.15, 0.2) is 71.0 Å². The van der Waals surface area contributed by atoms with Gasteiger partial charge in [-0.1, -0.05) is 23.8 Å². The molecule has 0 spiro atoms. The molecule has 5 heteroatoms. The second-order valence-electron chi connectivity index (χ2n) is 6.67. The highest BCUT2D eigenvalue weighted by molar-refractivity contribution is 5.75. The van der Waals surface area contributed by atoms with Crippen molar-refractivity contribution in [1.29, 1.82) is 0 Å². The third kappa shape index (κ3) is 3.24. The van der Waals surface area contributed by atoms with Gasteiger partial charge in [0, 0.05) is 11.8 Å². The maximum Gasteiger partial charge on any atom is 0.187 e. The van der Waals surface area contributed by atoms with Gasteiger partial charge in [0.1, 0.15) is 17.2 Å². The van der Waals surface area contributed by atoms with Gasteiger partial charge in [-0.15, -0.1) is 10.2 Å². The van der Waals surface area contributed by atoms with Crippen molar-refractivity contribution in [1.82, 2.24) is 9.38 Å². The molecule has 0 aliphatic carbocycles. The van der Waals surface area contributed by atoms with Crippen molar-refractivity contribution in [3.05, 3.63) is 83.3 Å². The quantitative estimate of drug-likeness (QED) is 0.386. The summed E-state index contributed by atoms with van der Waals surface area (Å²) in [5, 5.41) is 8.99.